The van der Waals surface area contributed by atoms with E-state index in [2.05, 4.69) is 18.4 Å². The van der Waals surface area contributed by atoms with Crippen LogP contribution in [0.1, 0.15) is 174 Å². The first-order chi connectivity index (χ1) is 25.4. The molecule has 1 saturated carbocycles. The molecule has 0 aromatic rings. The zero-order valence-corrected chi connectivity index (χ0v) is 33.6. The Labute approximate surface area is 319 Å². The van der Waals surface area contributed by atoms with Crippen LogP contribution in [0, 0.1) is 11.8 Å². The van der Waals surface area contributed by atoms with Gasteiger partial charge in [-0.15, -0.1) is 0 Å². The Balaban J connectivity index is 2.33. The minimum absolute atomic E-state index is 0.0656. The van der Waals surface area contributed by atoms with Crippen molar-refractivity contribution in [3.05, 3.63) is 12.2 Å². The van der Waals surface area contributed by atoms with Gasteiger partial charge in [0, 0.05) is 43.9 Å². The number of ether oxygens (including phenoxy) is 2. The first-order valence-electron chi connectivity index (χ1n) is 20.7. The van der Waals surface area contributed by atoms with Crippen LogP contribution in [0.4, 0.5) is 0 Å². The summed E-state index contributed by atoms with van der Waals surface area (Å²) in [7, 11) is -4.85. The molecule has 13 heteroatoms. The highest BCUT2D eigenvalue weighted by Gasteiger charge is 2.41. The molecule has 0 unspecified atom stereocenters. The maximum Gasteiger partial charge on any atom is 0.469 e. The highest BCUT2D eigenvalue weighted by Crippen LogP contribution is 2.37. The summed E-state index contributed by atoms with van der Waals surface area (Å²) in [4.78, 5) is 55.8. The van der Waals surface area contributed by atoms with Crippen LogP contribution in [0.2, 0.25) is 0 Å². The molecular formula is C40H73O12P. The van der Waals surface area contributed by atoms with E-state index in [9.17, 15) is 34.3 Å². The van der Waals surface area contributed by atoms with Gasteiger partial charge in [-0.05, 0) is 25.7 Å². The topological polar surface area (TPSA) is 197 Å². The van der Waals surface area contributed by atoms with E-state index in [1.54, 1.807) is 12.2 Å². The summed E-state index contributed by atoms with van der Waals surface area (Å²) in [5, 5.41) is 31.2. The van der Waals surface area contributed by atoms with Crippen molar-refractivity contribution in [1.82, 2.24) is 0 Å². The van der Waals surface area contributed by atoms with Crippen LogP contribution in [0.5, 0.6) is 0 Å². The molecule has 53 heavy (non-hydrogen) atoms. The van der Waals surface area contributed by atoms with Gasteiger partial charge in [0.25, 0.3) is 0 Å². The summed E-state index contributed by atoms with van der Waals surface area (Å²) in [6.45, 7) is 3.26. The van der Waals surface area contributed by atoms with E-state index in [-0.39, 0.29) is 37.9 Å². The Hall–Kier alpha value is -1.66. The predicted molar refractivity (Wildman–Crippen MR) is 205 cm³/mol. The number of phosphoric ester groups is 1. The third-order valence-electron chi connectivity index (χ3n) is 10.0. The SMILES string of the molecule is CCCCCCCCCCCCCCCCC(=O)OC[C@H](COP(=O)(O)O)OC(=O)CCCCC(=O)C[C@@H]1[C@@H](/C=C/[C@@H](O)CCCCC)[C@H](O)C[C@@H]1O. The molecule has 1 aliphatic rings. The number of phosphoric acid groups is 1. The molecule has 1 aliphatic carbocycles. The number of ketones is 1. The smallest absolute Gasteiger partial charge is 0.462 e. The van der Waals surface area contributed by atoms with Crippen molar-refractivity contribution < 1.29 is 58.1 Å². The molecule has 5 N–H and O–H groups in total. The van der Waals surface area contributed by atoms with E-state index in [0.717, 1.165) is 38.5 Å². The molecule has 310 valence electrons. The van der Waals surface area contributed by atoms with Gasteiger partial charge in [0.05, 0.1) is 24.9 Å². The fourth-order valence-corrected chi connectivity index (χ4v) is 7.20. The molecule has 0 spiro atoms. The molecular weight excluding hydrogens is 703 g/mol. The highest BCUT2D eigenvalue weighted by molar-refractivity contribution is 7.46. The Morgan fingerprint density at radius 2 is 1.21 bits per heavy atom. The molecule has 1 rings (SSSR count). The quantitative estimate of drug-likeness (QED) is 0.0184. The van der Waals surface area contributed by atoms with E-state index in [1.807, 2.05) is 0 Å². The van der Waals surface area contributed by atoms with E-state index in [4.69, 9.17) is 19.3 Å². The lowest BCUT2D eigenvalue weighted by atomic mass is 9.87. The molecule has 6 atom stereocenters. The molecule has 0 bridgehead atoms. The van der Waals surface area contributed by atoms with E-state index >= 15 is 0 Å². The molecule has 0 radical (unpaired) electrons. The summed E-state index contributed by atoms with van der Waals surface area (Å²) in [6, 6.07) is 0. The molecule has 0 aromatic heterocycles. The number of carbonyl (C=O) groups excluding carboxylic acids is 3. The third kappa shape index (κ3) is 26.7. The van der Waals surface area contributed by atoms with Gasteiger partial charge in [-0.2, -0.15) is 0 Å². The van der Waals surface area contributed by atoms with Crippen molar-refractivity contribution in [2.75, 3.05) is 13.2 Å². The Morgan fingerprint density at radius 1 is 0.698 bits per heavy atom. The van der Waals surface area contributed by atoms with Gasteiger partial charge >= 0.3 is 19.8 Å². The third-order valence-corrected chi connectivity index (χ3v) is 10.5. The number of aliphatic hydroxyl groups excluding tert-OH is 3. The maximum atomic E-state index is 12.8. The minimum Gasteiger partial charge on any atom is -0.462 e. The van der Waals surface area contributed by atoms with Crippen LogP contribution in [0.3, 0.4) is 0 Å². The van der Waals surface area contributed by atoms with Crippen LogP contribution in [-0.2, 0) is 32.9 Å². The van der Waals surface area contributed by atoms with Crippen molar-refractivity contribution in [3.8, 4) is 0 Å². The lowest BCUT2D eigenvalue weighted by Crippen LogP contribution is -2.29. The normalized spacial score (nSPS) is 20.1. The lowest BCUT2D eigenvalue weighted by molar-refractivity contribution is -0.161. The standard InChI is InChI=1S/C40H73O12P/c1-3-5-7-8-9-10-11-12-13-14-15-16-17-19-24-39(45)50-30-34(31-51-53(47,48)49)52-40(46)25-21-20-23-33(42)28-36-35(37(43)29-38(36)44)27-26-32(41)22-18-6-4-2/h26-27,32,34-38,41,43-44H,3-25,28-31H2,1-2H3,(H2,47,48,49)/b27-26+/t32-,34+,35+,36+,37+,38-/m0/s1. The second-order valence-corrected chi connectivity index (χ2v) is 16.2. The van der Waals surface area contributed by atoms with Crippen LogP contribution in [-0.4, -0.2) is 80.5 Å². The number of rotatable bonds is 34. The molecule has 0 heterocycles. The summed E-state index contributed by atoms with van der Waals surface area (Å²) >= 11 is 0. The second kappa shape index (κ2) is 30.5. The molecule has 0 amide bonds. The number of esters is 2. The fraction of sp³-hybridized carbons (Fsp3) is 0.875. The fourth-order valence-electron chi connectivity index (χ4n) is 6.84. The van der Waals surface area contributed by atoms with Crippen molar-refractivity contribution in [2.45, 2.75) is 199 Å². The van der Waals surface area contributed by atoms with E-state index in [1.165, 1.54) is 64.2 Å². The van der Waals surface area contributed by atoms with E-state index in [0.29, 0.717) is 25.7 Å². The summed E-state index contributed by atoms with van der Waals surface area (Å²) in [5.41, 5.74) is 0. The maximum absolute atomic E-state index is 12.8. The molecule has 1 fully saturated rings. The Bertz CT molecular complexity index is 1050. The van der Waals surface area contributed by atoms with Crippen molar-refractivity contribution >= 4 is 25.5 Å². The summed E-state index contributed by atoms with van der Waals surface area (Å²) in [6.07, 6.45) is 21.4. The molecule has 0 aliphatic heterocycles. The van der Waals surface area contributed by atoms with Crippen molar-refractivity contribution in [1.29, 1.82) is 0 Å². The van der Waals surface area contributed by atoms with Crippen LogP contribution >= 0.6 is 7.82 Å². The Kier molecular flexibility index (Phi) is 28.4. The lowest BCUT2D eigenvalue weighted by Gasteiger charge is -2.20. The predicted octanol–water partition coefficient (Wildman–Crippen LogP) is 7.80. The van der Waals surface area contributed by atoms with E-state index < -0.39 is 69.2 Å². The summed E-state index contributed by atoms with van der Waals surface area (Å²) < 4.78 is 26.3. The number of aliphatic hydroxyl groups is 3. The number of hydrogen-bond acceptors (Lipinski definition) is 10. The van der Waals surface area contributed by atoms with Crippen LogP contribution in [0.25, 0.3) is 0 Å². The van der Waals surface area contributed by atoms with Gasteiger partial charge in [-0.25, -0.2) is 4.57 Å². The van der Waals surface area contributed by atoms with Crippen molar-refractivity contribution in [3.63, 3.8) is 0 Å². The van der Waals surface area contributed by atoms with Gasteiger partial charge in [0.2, 0.25) is 0 Å². The molecule has 12 nitrogen and oxygen atoms in total. The average molecular weight is 777 g/mol. The monoisotopic (exact) mass is 776 g/mol. The first kappa shape index (κ1) is 49.4. The second-order valence-electron chi connectivity index (χ2n) is 14.9. The number of hydrogen-bond donors (Lipinski definition) is 5. The molecule has 0 saturated heterocycles. The van der Waals surface area contributed by atoms with Gasteiger partial charge in [0.1, 0.15) is 12.4 Å². The average Bonchev–Trinajstić information content (AvgIpc) is 3.37. The van der Waals surface area contributed by atoms with Crippen molar-refractivity contribution in [2.24, 2.45) is 11.8 Å². The van der Waals surface area contributed by atoms with Gasteiger partial charge in [-0.3, -0.25) is 18.9 Å². The number of carbonyl (C=O) groups is 3. The van der Waals surface area contributed by atoms with Crippen LogP contribution < -0.4 is 0 Å². The highest BCUT2D eigenvalue weighted by atomic mass is 31.2. The summed E-state index contributed by atoms with van der Waals surface area (Å²) in [5.74, 6) is -2.19. The zero-order chi connectivity index (χ0) is 39.3. The first-order valence-corrected chi connectivity index (χ1v) is 22.2. The minimum atomic E-state index is -4.85. The molecule has 0 aromatic carbocycles. The largest absolute Gasteiger partial charge is 0.469 e. The number of Topliss-reactive ketones (excluding diaryl/α,β-unsaturated/α-hetero) is 1. The zero-order valence-electron chi connectivity index (χ0n) is 32.8. The Morgan fingerprint density at radius 3 is 1.79 bits per heavy atom. The van der Waals surface area contributed by atoms with Gasteiger partial charge in [-0.1, -0.05) is 129 Å². The van der Waals surface area contributed by atoms with Gasteiger partial charge in [0.15, 0.2) is 6.10 Å². The van der Waals surface area contributed by atoms with Crippen LogP contribution in [0.15, 0.2) is 12.2 Å². The number of unbranched alkanes of at least 4 members (excludes halogenated alkanes) is 16. The van der Waals surface area contributed by atoms with Gasteiger partial charge < -0.3 is 34.6 Å².